The Morgan fingerprint density at radius 3 is 2.73 bits per heavy atom. The summed E-state index contributed by atoms with van der Waals surface area (Å²) in [5, 5.41) is 15.7. The number of benzene rings is 2. The molecule has 1 saturated carbocycles. The summed E-state index contributed by atoms with van der Waals surface area (Å²) < 4.78 is 1.59. The molecule has 1 aliphatic carbocycles. The van der Waals surface area contributed by atoms with E-state index in [0.29, 0.717) is 16.2 Å². The molecule has 8 heteroatoms. The Morgan fingerprint density at radius 2 is 2.00 bits per heavy atom. The summed E-state index contributed by atoms with van der Waals surface area (Å²) in [5.41, 5.74) is 1.66. The molecule has 0 spiro atoms. The highest BCUT2D eigenvalue weighted by Crippen LogP contribution is 2.36. The summed E-state index contributed by atoms with van der Waals surface area (Å²) in [6.45, 7) is 0. The van der Waals surface area contributed by atoms with Crippen molar-refractivity contribution >= 4 is 29.3 Å². The van der Waals surface area contributed by atoms with Crippen LogP contribution in [-0.4, -0.2) is 32.2 Å². The second-order valence-corrected chi connectivity index (χ2v) is 7.55. The number of nitrogens with one attached hydrogen (secondary N) is 1. The summed E-state index contributed by atoms with van der Waals surface area (Å²) >= 11 is 7.40. The van der Waals surface area contributed by atoms with Crippen LogP contribution in [-0.2, 0) is 4.79 Å². The van der Waals surface area contributed by atoms with E-state index in [-0.39, 0.29) is 5.91 Å². The fourth-order valence-corrected chi connectivity index (χ4v) is 3.72. The van der Waals surface area contributed by atoms with E-state index >= 15 is 0 Å². The van der Waals surface area contributed by atoms with Crippen molar-refractivity contribution in [2.24, 2.45) is 0 Å². The lowest BCUT2D eigenvalue weighted by molar-refractivity contribution is -0.120. The molecule has 1 N–H and O–H groups in total. The SMILES string of the molecule is O=C(NC1CC1)[C@@H](Sc1nnnn1-c1cccc(Cl)c1)c1ccccc1. The number of hydrogen-bond acceptors (Lipinski definition) is 5. The Balaban J connectivity index is 1.64. The van der Waals surface area contributed by atoms with Crippen LogP contribution in [0.1, 0.15) is 23.7 Å². The molecule has 3 aromatic rings. The first-order chi connectivity index (χ1) is 12.7. The lowest BCUT2D eigenvalue weighted by Crippen LogP contribution is -2.29. The standard InChI is InChI=1S/C18H16ClN5OS/c19-13-7-4-8-15(11-13)24-18(21-22-23-24)26-16(12-5-2-1-3-6-12)17(25)20-14-9-10-14/h1-8,11,14,16H,9-10H2,(H,20,25)/t16-/m0/s1. The molecule has 1 amide bonds. The van der Waals surface area contributed by atoms with Gasteiger partial charge in [-0.2, -0.15) is 4.68 Å². The number of rotatable bonds is 6. The molecule has 0 unspecified atom stereocenters. The van der Waals surface area contributed by atoms with Gasteiger partial charge in [-0.3, -0.25) is 4.79 Å². The second kappa shape index (κ2) is 7.47. The highest BCUT2D eigenvalue weighted by Gasteiger charge is 2.30. The number of thioether (sulfide) groups is 1. The van der Waals surface area contributed by atoms with Gasteiger partial charge in [0.15, 0.2) is 0 Å². The molecule has 6 nitrogen and oxygen atoms in total. The van der Waals surface area contributed by atoms with Crippen molar-refractivity contribution in [2.75, 3.05) is 0 Å². The van der Waals surface area contributed by atoms with Gasteiger partial charge in [-0.25, -0.2) is 0 Å². The molecular weight excluding hydrogens is 370 g/mol. The molecule has 4 rings (SSSR count). The lowest BCUT2D eigenvalue weighted by Gasteiger charge is -2.16. The van der Waals surface area contributed by atoms with Crippen LogP contribution in [0.3, 0.4) is 0 Å². The average molecular weight is 386 g/mol. The van der Waals surface area contributed by atoms with Gasteiger partial charge >= 0.3 is 0 Å². The van der Waals surface area contributed by atoms with Crippen LogP contribution in [0.2, 0.25) is 5.02 Å². The third-order valence-electron chi connectivity index (χ3n) is 3.98. The van der Waals surface area contributed by atoms with Crippen LogP contribution < -0.4 is 5.32 Å². The van der Waals surface area contributed by atoms with Crippen molar-refractivity contribution in [1.29, 1.82) is 0 Å². The molecule has 0 bridgehead atoms. The molecule has 0 radical (unpaired) electrons. The van der Waals surface area contributed by atoms with Crippen molar-refractivity contribution in [3.63, 3.8) is 0 Å². The largest absolute Gasteiger partial charge is 0.352 e. The monoisotopic (exact) mass is 385 g/mol. The zero-order valence-electron chi connectivity index (χ0n) is 13.7. The average Bonchev–Trinajstić information content (AvgIpc) is 3.34. The van der Waals surface area contributed by atoms with Gasteiger partial charge < -0.3 is 5.32 Å². The van der Waals surface area contributed by atoms with E-state index in [4.69, 9.17) is 11.6 Å². The predicted octanol–water partition coefficient (Wildman–Crippen LogP) is 3.43. The summed E-state index contributed by atoms with van der Waals surface area (Å²) in [5.74, 6) is -0.0238. The lowest BCUT2D eigenvalue weighted by atomic mass is 10.1. The highest BCUT2D eigenvalue weighted by molar-refractivity contribution is 8.00. The fraction of sp³-hybridized carbons (Fsp3) is 0.222. The first-order valence-corrected chi connectivity index (χ1v) is 9.53. The molecule has 0 saturated heterocycles. The number of carbonyl (C=O) groups is 1. The third kappa shape index (κ3) is 3.89. The number of tetrazole rings is 1. The minimum atomic E-state index is -0.430. The minimum absolute atomic E-state index is 0.0238. The molecule has 2 aromatic carbocycles. The molecule has 1 fully saturated rings. The molecule has 132 valence electrons. The molecule has 1 atom stereocenters. The van der Waals surface area contributed by atoms with E-state index in [0.717, 1.165) is 24.1 Å². The van der Waals surface area contributed by atoms with Crippen LogP contribution in [0.4, 0.5) is 0 Å². The molecular formula is C18H16ClN5OS. The molecule has 26 heavy (non-hydrogen) atoms. The van der Waals surface area contributed by atoms with E-state index in [1.807, 2.05) is 42.5 Å². The predicted molar refractivity (Wildman–Crippen MR) is 100 cm³/mol. The summed E-state index contributed by atoms with van der Waals surface area (Å²) in [7, 11) is 0. The van der Waals surface area contributed by atoms with Crippen LogP contribution in [0.25, 0.3) is 5.69 Å². The van der Waals surface area contributed by atoms with E-state index in [9.17, 15) is 4.79 Å². The van der Waals surface area contributed by atoms with Gasteiger partial charge in [-0.05, 0) is 47.0 Å². The van der Waals surface area contributed by atoms with Gasteiger partial charge in [-0.15, -0.1) is 5.10 Å². The molecule has 1 heterocycles. The maximum Gasteiger partial charge on any atom is 0.238 e. The normalized spacial score (nSPS) is 14.8. The van der Waals surface area contributed by atoms with E-state index in [1.54, 1.807) is 16.8 Å². The van der Waals surface area contributed by atoms with Crippen LogP contribution >= 0.6 is 23.4 Å². The Kier molecular flexibility index (Phi) is 4.90. The first kappa shape index (κ1) is 17.1. The molecule has 1 aromatic heterocycles. The van der Waals surface area contributed by atoms with E-state index < -0.39 is 5.25 Å². The zero-order valence-corrected chi connectivity index (χ0v) is 15.3. The van der Waals surface area contributed by atoms with Gasteiger partial charge in [0, 0.05) is 11.1 Å². The first-order valence-electron chi connectivity index (χ1n) is 8.27. The Bertz CT molecular complexity index is 913. The van der Waals surface area contributed by atoms with Gasteiger partial charge in [0.05, 0.1) is 5.69 Å². The van der Waals surface area contributed by atoms with Crippen LogP contribution in [0.15, 0.2) is 59.8 Å². The van der Waals surface area contributed by atoms with Crippen molar-refractivity contribution in [3.05, 3.63) is 65.2 Å². The van der Waals surface area contributed by atoms with Crippen LogP contribution in [0.5, 0.6) is 0 Å². The smallest absolute Gasteiger partial charge is 0.238 e. The maximum atomic E-state index is 12.8. The number of nitrogens with zero attached hydrogens (tertiary/aromatic N) is 4. The Labute approximate surface area is 159 Å². The number of hydrogen-bond donors (Lipinski definition) is 1. The van der Waals surface area contributed by atoms with Crippen molar-refractivity contribution < 1.29 is 4.79 Å². The van der Waals surface area contributed by atoms with E-state index in [2.05, 4.69) is 20.8 Å². The van der Waals surface area contributed by atoms with Crippen LogP contribution in [0, 0.1) is 0 Å². The minimum Gasteiger partial charge on any atom is -0.352 e. The van der Waals surface area contributed by atoms with Crippen molar-refractivity contribution in [1.82, 2.24) is 25.5 Å². The number of halogens is 1. The second-order valence-electron chi connectivity index (χ2n) is 6.04. The van der Waals surface area contributed by atoms with Gasteiger partial charge in [0.25, 0.3) is 0 Å². The quantitative estimate of drug-likeness (QED) is 0.658. The molecule has 0 aliphatic heterocycles. The summed E-state index contributed by atoms with van der Waals surface area (Å²) in [6, 6.07) is 17.2. The summed E-state index contributed by atoms with van der Waals surface area (Å²) in [6.07, 6.45) is 2.08. The number of carbonyl (C=O) groups excluding carboxylic acids is 1. The van der Waals surface area contributed by atoms with Gasteiger partial charge in [0.1, 0.15) is 5.25 Å². The zero-order chi connectivity index (χ0) is 17.9. The van der Waals surface area contributed by atoms with Crippen molar-refractivity contribution in [2.45, 2.75) is 29.3 Å². The Morgan fingerprint density at radius 1 is 1.19 bits per heavy atom. The maximum absolute atomic E-state index is 12.8. The number of amides is 1. The highest BCUT2D eigenvalue weighted by atomic mass is 35.5. The topological polar surface area (TPSA) is 72.7 Å². The van der Waals surface area contributed by atoms with Gasteiger partial charge in [0.2, 0.25) is 11.1 Å². The molecule has 1 aliphatic rings. The number of aromatic nitrogens is 4. The summed E-state index contributed by atoms with van der Waals surface area (Å²) in [4.78, 5) is 12.8. The third-order valence-corrected chi connectivity index (χ3v) is 5.40. The van der Waals surface area contributed by atoms with E-state index in [1.165, 1.54) is 11.8 Å². The van der Waals surface area contributed by atoms with Gasteiger partial charge in [-0.1, -0.05) is 59.8 Å². The van der Waals surface area contributed by atoms with Crippen molar-refractivity contribution in [3.8, 4) is 5.69 Å². The Hall–Kier alpha value is -2.38. The fourth-order valence-electron chi connectivity index (χ4n) is 2.53.